The van der Waals surface area contributed by atoms with Crippen molar-refractivity contribution in [2.24, 2.45) is 0 Å². The lowest BCUT2D eigenvalue weighted by Crippen LogP contribution is -2.24. The van der Waals surface area contributed by atoms with Gasteiger partial charge in [0.05, 0.1) is 11.1 Å². The first-order chi connectivity index (χ1) is 12.3. The summed E-state index contributed by atoms with van der Waals surface area (Å²) in [6.07, 6.45) is -9.06. The molecule has 1 N–H and O–H groups in total. The Kier molecular flexibility index (Phi) is 5.50. The van der Waals surface area contributed by atoms with Crippen molar-refractivity contribution in [2.45, 2.75) is 17.4 Å². The largest absolute Gasteiger partial charge is 0.417 e. The van der Waals surface area contributed by atoms with Gasteiger partial charge in [-0.1, -0.05) is 6.07 Å². The van der Waals surface area contributed by atoms with E-state index in [1.165, 1.54) is 0 Å². The first-order valence-electron chi connectivity index (χ1n) is 7.02. The van der Waals surface area contributed by atoms with E-state index < -0.39 is 50.0 Å². The number of hydrogen-bond donors (Lipinski definition) is 1. The van der Waals surface area contributed by atoms with Crippen LogP contribution in [0, 0.1) is 0 Å². The molecule has 0 radical (unpaired) electrons. The number of sulfone groups is 1. The summed E-state index contributed by atoms with van der Waals surface area (Å²) in [4.78, 5) is 15.0. The molecule has 0 saturated heterocycles. The molecule has 27 heavy (non-hydrogen) atoms. The van der Waals surface area contributed by atoms with Gasteiger partial charge in [0.25, 0.3) is 0 Å². The first-order valence-corrected chi connectivity index (χ1v) is 8.67. The van der Waals surface area contributed by atoms with Gasteiger partial charge in [-0.2, -0.15) is 26.3 Å². The van der Waals surface area contributed by atoms with Crippen molar-refractivity contribution in [2.75, 3.05) is 11.1 Å². The average molecular weight is 412 g/mol. The molecular formula is C15H10F6N2O3S. The minimum atomic E-state index is -4.71. The van der Waals surface area contributed by atoms with Crippen LogP contribution in [0.1, 0.15) is 11.1 Å². The van der Waals surface area contributed by atoms with E-state index in [1.807, 2.05) is 5.32 Å². The van der Waals surface area contributed by atoms with Gasteiger partial charge in [-0.25, -0.2) is 13.4 Å². The Hall–Kier alpha value is -2.63. The van der Waals surface area contributed by atoms with Gasteiger partial charge in [0, 0.05) is 11.9 Å². The van der Waals surface area contributed by atoms with E-state index >= 15 is 0 Å². The topological polar surface area (TPSA) is 76.1 Å². The van der Waals surface area contributed by atoms with Crippen LogP contribution < -0.4 is 5.32 Å². The van der Waals surface area contributed by atoms with Crippen LogP contribution in [0.5, 0.6) is 0 Å². The third-order valence-corrected chi connectivity index (χ3v) is 4.70. The van der Waals surface area contributed by atoms with Crippen molar-refractivity contribution in [3.63, 3.8) is 0 Å². The van der Waals surface area contributed by atoms with Gasteiger partial charge < -0.3 is 5.32 Å². The number of pyridine rings is 1. The van der Waals surface area contributed by atoms with Gasteiger partial charge >= 0.3 is 12.4 Å². The number of benzene rings is 1. The van der Waals surface area contributed by atoms with Crippen LogP contribution in [0.2, 0.25) is 0 Å². The molecule has 1 heterocycles. The van der Waals surface area contributed by atoms with E-state index in [9.17, 15) is 39.6 Å². The van der Waals surface area contributed by atoms with E-state index in [0.717, 1.165) is 18.2 Å². The lowest BCUT2D eigenvalue weighted by molar-refractivity contribution is -0.138. The van der Waals surface area contributed by atoms with Crippen LogP contribution in [0.25, 0.3) is 0 Å². The molecule has 0 atom stereocenters. The van der Waals surface area contributed by atoms with Crippen LogP contribution in [-0.4, -0.2) is 25.1 Å². The minimum absolute atomic E-state index is 0.287. The van der Waals surface area contributed by atoms with E-state index in [4.69, 9.17) is 0 Å². The minimum Gasteiger partial charge on any atom is -0.325 e. The van der Waals surface area contributed by atoms with Gasteiger partial charge in [0.1, 0.15) is 5.75 Å². The zero-order chi connectivity index (χ0) is 20.5. The third-order valence-electron chi connectivity index (χ3n) is 3.18. The summed E-state index contributed by atoms with van der Waals surface area (Å²) >= 11 is 0. The Morgan fingerprint density at radius 2 is 1.59 bits per heavy atom. The predicted molar refractivity (Wildman–Crippen MR) is 81.4 cm³/mol. The Bertz CT molecular complexity index is 937. The molecule has 12 heteroatoms. The van der Waals surface area contributed by atoms with Crippen LogP contribution >= 0.6 is 0 Å². The van der Waals surface area contributed by atoms with Crippen molar-refractivity contribution in [1.82, 2.24) is 4.98 Å². The Balaban J connectivity index is 2.13. The molecule has 0 aliphatic carbocycles. The van der Waals surface area contributed by atoms with Gasteiger partial charge in [-0.3, -0.25) is 4.79 Å². The van der Waals surface area contributed by atoms with Crippen LogP contribution in [0.4, 0.5) is 32.0 Å². The van der Waals surface area contributed by atoms with Crippen molar-refractivity contribution in [3.8, 4) is 0 Å². The number of carbonyl (C=O) groups is 1. The Morgan fingerprint density at radius 1 is 0.963 bits per heavy atom. The molecular weight excluding hydrogens is 402 g/mol. The number of nitrogens with zero attached hydrogens (tertiary/aromatic N) is 1. The number of halogens is 6. The highest BCUT2D eigenvalue weighted by Gasteiger charge is 2.32. The summed E-state index contributed by atoms with van der Waals surface area (Å²) in [5.41, 5.74) is -2.51. The summed E-state index contributed by atoms with van der Waals surface area (Å²) in [6.45, 7) is 0. The standard InChI is InChI=1S/C15H10F6N2O3S/c16-14(17,18)9-2-1-3-11(6-9)23-12(24)8-27(25,26)13-5-4-10(7-22-13)15(19,20)21/h1-7H,8H2,(H,23,24). The van der Waals surface area contributed by atoms with E-state index in [0.29, 0.717) is 24.4 Å². The summed E-state index contributed by atoms with van der Waals surface area (Å²) in [5.74, 6) is -2.38. The number of amides is 1. The quantitative estimate of drug-likeness (QED) is 0.780. The number of nitrogens with one attached hydrogen (secondary N) is 1. The maximum Gasteiger partial charge on any atom is 0.417 e. The summed E-state index contributed by atoms with van der Waals surface area (Å²) in [7, 11) is -4.39. The molecule has 1 amide bonds. The number of alkyl halides is 6. The van der Waals surface area contributed by atoms with E-state index in [-0.39, 0.29) is 5.69 Å². The van der Waals surface area contributed by atoms with Gasteiger partial charge in [0.2, 0.25) is 15.7 Å². The fourth-order valence-electron chi connectivity index (χ4n) is 1.95. The first kappa shape index (κ1) is 20.7. The van der Waals surface area contributed by atoms with Crippen molar-refractivity contribution in [1.29, 1.82) is 0 Å². The van der Waals surface area contributed by atoms with Crippen molar-refractivity contribution in [3.05, 3.63) is 53.7 Å². The lowest BCUT2D eigenvalue weighted by atomic mass is 10.2. The van der Waals surface area contributed by atoms with Crippen molar-refractivity contribution < 1.29 is 39.6 Å². The van der Waals surface area contributed by atoms with Crippen LogP contribution in [-0.2, 0) is 27.0 Å². The van der Waals surface area contributed by atoms with E-state index in [1.54, 1.807) is 0 Å². The summed E-state index contributed by atoms with van der Waals surface area (Å²) < 4.78 is 99.3. The van der Waals surface area contributed by atoms with Crippen molar-refractivity contribution >= 4 is 21.4 Å². The fourth-order valence-corrected chi connectivity index (χ4v) is 3.00. The van der Waals surface area contributed by atoms with E-state index in [2.05, 4.69) is 4.98 Å². The molecule has 0 aliphatic rings. The molecule has 2 aromatic rings. The molecule has 146 valence electrons. The number of aromatic nitrogens is 1. The zero-order valence-electron chi connectivity index (χ0n) is 13.1. The summed E-state index contributed by atoms with van der Waals surface area (Å²) in [5, 5.41) is 1.22. The van der Waals surface area contributed by atoms with Gasteiger partial charge in [0.15, 0.2) is 5.03 Å². The molecule has 2 rings (SSSR count). The number of hydrogen-bond acceptors (Lipinski definition) is 4. The molecule has 1 aromatic carbocycles. The van der Waals surface area contributed by atoms with Gasteiger partial charge in [-0.05, 0) is 30.3 Å². The molecule has 0 spiro atoms. The van der Waals surface area contributed by atoms with Crippen LogP contribution in [0.3, 0.4) is 0 Å². The second-order valence-electron chi connectivity index (χ2n) is 5.27. The molecule has 1 aromatic heterocycles. The lowest BCUT2D eigenvalue weighted by Gasteiger charge is -2.10. The molecule has 0 fully saturated rings. The number of rotatable bonds is 4. The molecule has 5 nitrogen and oxygen atoms in total. The zero-order valence-corrected chi connectivity index (χ0v) is 13.9. The second kappa shape index (κ2) is 7.18. The highest BCUT2D eigenvalue weighted by atomic mass is 32.2. The molecule has 0 aliphatic heterocycles. The average Bonchev–Trinajstić information content (AvgIpc) is 2.53. The number of carbonyl (C=O) groups excluding carboxylic acids is 1. The van der Waals surface area contributed by atoms with Gasteiger partial charge in [-0.15, -0.1) is 0 Å². The monoisotopic (exact) mass is 412 g/mol. The molecule has 0 bridgehead atoms. The highest BCUT2D eigenvalue weighted by Crippen LogP contribution is 2.31. The second-order valence-corrected chi connectivity index (χ2v) is 7.21. The maximum atomic E-state index is 12.6. The maximum absolute atomic E-state index is 12.6. The highest BCUT2D eigenvalue weighted by molar-refractivity contribution is 7.92. The molecule has 0 unspecified atom stereocenters. The Labute approximate surface area is 148 Å². The SMILES string of the molecule is O=C(CS(=O)(=O)c1ccc(C(F)(F)F)cn1)Nc1cccc(C(F)(F)F)c1. The number of anilines is 1. The van der Waals surface area contributed by atoms with Crippen LogP contribution in [0.15, 0.2) is 47.6 Å². The fraction of sp³-hybridized carbons (Fsp3) is 0.200. The Morgan fingerprint density at radius 3 is 2.11 bits per heavy atom. The summed E-state index contributed by atoms with van der Waals surface area (Å²) in [6, 6.07) is 4.60. The predicted octanol–water partition coefficient (Wildman–Crippen LogP) is 3.53. The molecule has 0 saturated carbocycles. The normalized spacial score (nSPS) is 12.7. The third kappa shape index (κ3) is 5.42. The smallest absolute Gasteiger partial charge is 0.325 e.